The number of aliphatic hydroxyl groups excluding tert-OH is 1. The molecule has 1 aliphatic heterocycles. The molecule has 8 heteroatoms. The Labute approximate surface area is 135 Å². The molecule has 1 aromatic heterocycles. The molecule has 24 heavy (non-hydrogen) atoms. The van der Waals surface area contributed by atoms with E-state index in [0.717, 1.165) is 12.1 Å². The number of carbonyl (C=O) groups excluding carboxylic acids is 2. The molecule has 0 aliphatic carbocycles. The Kier molecular flexibility index (Phi) is 4.06. The third-order valence-corrected chi connectivity index (χ3v) is 3.93. The van der Waals surface area contributed by atoms with E-state index < -0.39 is 35.6 Å². The third-order valence-electron chi connectivity index (χ3n) is 3.93. The summed E-state index contributed by atoms with van der Waals surface area (Å²) < 4.78 is 31.7. The second kappa shape index (κ2) is 6.04. The quantitative estimate of drug-likeness (QED) is 0.890. The van der Waals surface area contributed by atoms with Gasteiger partial charge < -0.3 is 20.2 Å². The number of hydrogen-bond donors (Lipinski definition) is 2. The molecule has 0 radical (unpaired) electrons. The molecule has 3 N–H and O–H groups in total. The van der Waals surface area contributed by atoms with E-state index in [1.165, 1.54) is 23.1 Å². The predicted octanol–water partition coefficient (Wildman–Crippen LogP) is 1.60. The molecular weight excluding hydrogens is 322 g/mol. The number of nitrogens with two attached hydrogens (primary N) is 1. The number of benzene rings is 1. The topological polar surface area (TPSA) is 96.8 Å². The fourth-order valence-corrected chi connectivity index (χ4v) is 2.80. The molecule has 1 aromatic carbocycles. The Morgan fingerprint density at radius 3 is 2.50 bits per heavy atom. The number of carbonyl (C=O) groups is 2. The van der Waals surface area contributed by atoms with Gasteiger partial charge in [-0.3, -0.25) is 9.59 Å². The molecule has 1 saturated heterocycles. The highest BCUT2D eigenvalue weighted by molar-refractivity contribution is 5.95. The van der Waals surface area contributed by atoms with Crippen molar-refractivity contribution in [1.82, 2.24) is 4.90 Å². The zero-order chi connectivity index (χ0) is 17.4. The van der Waals surface area contributed by atoms with E-state index in [9.17, 15) is 23.5 Å². The van der Waals surface area contributed by atoms with Gasteiger partial charge in [-0.25, -0.2) is 8.78 Å². The number of hydrogen-bond acceptors (Lipinski definition) is 4. The normalized spacial score (nSPS) is 20.4. The maximum Gasteiger partial charge on any atom is 0.290 e. The molecule has 2 amide bonds. The average molecular weight is 336 g/mol. The first-order valence-electron chi connectivity index (χ1n) is 7.20. The Hall–Kier alpha value is -2.74. The Balaban J connectivity index is 1.90. The van der Waals surface area contributed by atoms with Gasteiger partial charge in [0.25, 0.3) is 11.8 Å². The highest BCUT2D eigenvalue weighted by Crippen LogP contribution is 2.34. The lowest BCUT2D eigenvalue weighted by Gasteiger charge is -2.23. The lowest BCUT2D eigenvalue weighted by atomic mass is 10.0. The fourth-order valence-electron chi connectivity index (χ4n) is 2.80. The van der Waals surface area contributed by atoms with Crippen LogP contribution in [-0.4, -0.2) is 34.5 Å². The van der Waals surface area contributed by atoms with Crippen LogP contribution >= 0.6 is 0 Å². The van der Waals surface area contributed by atoms with Gasteiger partial charge in [0.15, 0.2) is 23.2 Å². The van der Waals surface area contributed by atoms with Gasteiger partial charge in [-0.2, -0.15) is 0 Å². The van der Waals surface area contributed by atoms with Crippen molar-refractivity contribution in [3.05, 3.63) is 59.1 Å². The van der Waals surface area contributed by atoms with Crippen LogP contribution in [0, 0.1) is 11.6 Å². The maximum absolute atomic E-state index is 13.5. The SMILES string of the molecule is NC(=O)c1ccc(C(=O)N2C[C@H](O)C[C@@H]2c2ccc(F)c(F)c2)o1. The van der Waals surface area contributed by atoms with Gasteiger partial charge in [-0.05, 0) is 36.2 Å². The third kappa shape index (κ3) is 2.88. The van der Waals surface area contributed by atoms with Crippen LogP contribution in [-0.2, 0) is 0 Å². The van der Waals surface area contributed by atoms with Crippen molar-refractivity contribution in [3.63, 3.8) is 0 Å². The highest BCUT2D eigenvalue weighted by Gasteiger charge is 2.37. The van der Waals surface area contributed by atoms with Crippen LogP contribution in [0.25, 0.3) is 0 Å². The van der Waals surface area contributed by atoms with Gasteiger partial charge in [0.2, 0.25) is 0 Å². The van der Waals surface area contributed by atoms with Gasteiger partial charge in [0.05, 0.1) is 12.1 Å². The number of halogens is 2. The zero-order valence-electron chi connectivity index (χ0n) is 12.4. The Morgan fingerprint density at radius 2 is 1.88 bits per heavy atom. The van der Waals surface area contributed by atoms with E-state index in [-0.39, 0.29) is 24.5 Å². The van der Waals surface area contributed by atoms with Crippen LogP contribution in [0.3, 0.4) is 0 Å². The molecule has 0 bridgehead atoms. The number of aliphatic hydroxyl groups is 1. The van der Waals surface area contributed by atoms with Gasteiger partial charge in [-0.1, -0.05) is 6.07 Å². The summed E-state index contributed by atoms with van der Waals surface area (Å²) >= 11 is 0. The lowest BCUT2D eigenvalue weighted by molar-refractivity contribution is 0.0681. The summed E-state index contributed by atoms with van der Waals surface area (Å²) in [6, 6.07) is 5.26. The number of primary amides is 1. The summed E-state index contributed by atoms with van der Waals surface area (Å²) in [6.07, 6.45) is -0.627. The number of rotatable bonds is 3. The number of likely N-dealkylation sites (tertiary alicyclic amines) is 1. The van der Waals surface area contributed by atoms with Gasteiger partial charge >= 0.3 is 0 Å². The fraction of sp³-hybridized carbons (Fsp3) is 0.250. The minimum absolute atomic E-state index is 0.00903. The van der Waals surface area contributed by atoms with Crippen LogP contribution in [0.5, 0.6) is 0 Å². The van der Waals surface area contributed by atoms with Crippen molar-refractivity contribution in [3.8, 4) is 0 Å². The minimum atomic E-state index is -1.03. The molecule has 1 aliphatic rings. The monoisotopic (exact) mass is 336 g/mol. The Morgan fingerprint density at radius 1 is 1.17 bits per heavy atom. The number of β-amino-alcohol motifs (C(OH)–C–C–N with tert-alkyl or cyclic N) is 1. The summed E-state index contributed by atoms with van der Waals surface area (Å²) in [4.78, 5) is 24.9. The second-order valence-corrected chi connectivity index (χ2v) is 5.56. The van der Waals surface area contributed by atoms with Crippen LogP contribution in [0.1, 0.15) is 39.1 Å². The van der Waals surface area contributed by atoms with E-state index in [1.54, 1.807) is 0 Å². The van der Waals surface area contributed by atoms with Crippen molar-refractivity contribution in [2.24, 2.45) is 5.73 Å². The molecular formula is C16H14F2N2O4. The molecule has 0 unspecified atom stereocenters. The smallest absolute Gasteiger partial charge is 0.290 e. The van der Waals surface area contributed by atoms with Crippen molar-refractivity contribution in [1.29, 1.82) is 0 Å². The standard InChI is InChI=1S/C16H14F2N2O4/c17-10-2-1-8(5-11(10)18)12-6-9(21)7-20(12)16(23)14-4-3-13(24-14)15(19)22/h1-5,9,12,21H,6-7H2,(H2,19,22)/t9-,12-/m1/s1. The molecule has 0 spiro atoms. The maximum atomic E-state index is 13.5. The van der Waals surface area contributed by atoms with E-state index in [4.69, 9.17) is 10.2 Å². The molecule has 0 saturated carbocycles. The number of amides is 2. The molecule has 2 aromatic rings. The van der Waals surface area contributed by atoms with Crippen LogP contribution in [0.2, 0.25) is 0 Å². The summed E-state index contributed by atoms with van der Waals surface area (Å²) in [5, 5.41) is 9.88. The summed E-state index contributed by atoms with van der Waals surface area (Å²) in [7, 11) is 0. The molecule has 2 heterocycles. The Bertz CT molecular complexity index is 805. The second-order valence-electron chi connectivity index (χ2n) is 5.56. The summed E-state index contributed by atoms with van der Waals surface area (Å²) in [5.74, 6) is -3.70. The van der Waals surface area contributed by atoms with E-state index in [0.29, 0.717) is 5.56 Å². The van der Waals surface area contributed by atoms with Gasteiger partial charge in [0, 0.05) is 6.54 Å². The summed E-state index contributed by atoms with van der Waals surface area (Å²) in [5.41, 5.74) is 5.44. The van der Waals surface area contributed by atoms with Crippen molar-refractivity contribution in [2.45, 2.75) is 18.6 Å². The van der Waals surface area contributed by atoms with Crippen LogP contribution < -0.4 is 5.73 Å². The minimum Gasteiger partial charge on any atom is -0.446 e. The zero-order valence-corrected chi connectivity index (χ0v) is 12.4. The van der Waals surface area contributed by atoms with Crippen molar-refractivity contribution < 1.29 is 27.9 Å². The molecule has 3 rings (SSSR count). The van der Waals surface area contributed by atoms with Crippen LogP contribution in [0.15, 0.2) is 34.7 Å². The van der Waals surface area contributed by atoms with Crippen LogP contribution in [0.4, 0.5) is 8.78 Å². The summed E-state index contributed by atoms with van der Waals surface area (Å²) in [6.45, 7) is 0.00903. The molecule has 1 fully saturated rings. The predicted molar refractivity (Wildman–Crippen MR) is 78.0 cm³/mol. The first-order valence-corrected chi connectivity index (χ1v) is 7.20. The van der Waals surface area contributed by atoms with Gasteiger partial charge in [-0.15, -0.1) is 0 Å². The number of furan rings is 1. The largest absolute Gasteiger partial charge is 0.446 e. The lowest BCUT2D eigenvalue weighted by Crippen LogP contribution is -2.31. The van der Waals surface area contributed by atoms with Crippen molar-refractivity contribution in [2.75, 3.05) is 6.54 Å². The molecule has 6 nitrogen and oxygen atoms in total. The molecule has 2 atom stereocenters. The van der Waals surface area contributed by atoms with E-state index >= 15 is 0 Å². The van der Waals surface area contributed by atoms with Crippen molar-refractivity contribution >= 4 is 11.8 Å². The van der Waals surface area contributed by atoms with E-state index in [2.05, 4.69) is 0 Å². The van der Waals surface area contributed by atoms with Gasteiger partial charge in [0.1, 0.15) is 0 Å². The van der Waals surface area contributed by atoms with E-state index in [1.807, 2.05) is 0 Å². The highest BCUT2D eigenvalue weighted by atomic mass is 19.2. The molecule has 126 valence electrons. The first-order chi connectivity index (χ1) is 11.4. The first kappa shape index (κ1) is 16.1. The number of nitrogens with zero attached hydrogens (tertiary/aromatic N) is 1. The average Bonchev–Trinajstić information content (AvgIpc) is 3.16.